The highest BCUT2D eigenvalue weighted by molar-refractivity contribution is 6.00. The van der Waals surface area contributed by atoms with Crippen LogP contribution in [0, 0.1) is 5.82 Å². The lowest BCUT2D eigenvalue weighted by Crippen LogP contribution is -2.34. The number of amides is 3. The number of hydrogen-bond donors (Lipinski definition) is 3. The van der Waals surface area contributed by atoms with Crippen LogP contribution in [-0.4, -0.2) is 18.0 Å². The van der Waals surface area contributed by atoms with Gasteiger partial charge in [-0.3, -0.25) is 4.79 Å². The van der Waals surface area contributed by atoms with E-state index in [9.17, 15) is 14.0 Å². The largest absolute Gasteiger partial charge is 0.349 e. The van der Waals surface area contributed by atoms with Gasteiger partial charge in [-0.1, -0.05) is 36.4 Å². The summed E-state index contributed by atoms with van der Waals surface area (Å²) in [7, 11) is 0. The van der Waals surface area contributed by atoms with Gasteiger partial charge in [0.2, 0.25) is 0 Å². The molecule has 0 saturated heterocycles. The summed E-state index contributed by atoms with van der Waals surface area (Å²) in [6.07, 6.45) is 0.401. The lowest BCUT2D eigenvalue weighted by atomic mass is 10.1. The summed E-state index contributed by atoms with van der Waals surface area (Å²) in [6.45, 7) is 1.83. The molecule has 0 aromatic heterocycles. The molecule has 3 amide bonds. The van der Waals surface area contributed by atoms with Crippen LogP contribution in [0.5, 0.6) is 0 Å². The molecule has 0 spiro atoms. The molecular weight excluding hydrogens is 369 g/mol. The molecule has 29 heavy (non-hydrogen) atoms. The van der Waals surface area contributed by atoms with Gasteiger partial charge in [0.1, 0.15) is 5.82 Å². The molecule has 0 aliphatic carbocycles. The molecule has 5 nitrogen and oxygen atoms in total. The monoisotopic (exact) mass is 391 g/mol. The Balaban J connectivity index is 1.53. The lowest BCUT2D eigenvalue weighted by Gasteiger charge is -2.15. The van der Waals surface area contributed by atoms with Crippen molar-refractivity contribution in [2.24, 2.45) is 0 Å². The van der Waals surface area contributed by atoms with Gasteiger partial charge < -0.3 is 16.0 Å². The van der Waals surface area contributed by atoms with E-state index < -0.39 is 0 Å². The van der Waals surface area contributed by atoms with Crippen molar-refractivity contribution in [3.8, 4) is 0 Å². The minimum absolute atomic E-state index is 0.228. The fourth-order valence-electron chi connectivity index (χ4n) is 2.87. The SMILES string of the molecule is CC(Cc1ccccc1F)NC(=O)c1ccc(NC(=O)Nc2ccccc2)cc1. The van der Waals surface area contributed by atoms with Gasteiger partial charge in [-0.25, -0.2) is 9.18 Å². The standard InChI is InChI=1S/C23H22FN3O2/c1-16(15-18-7-5-6-10-21(18)24)25-22(28)17-11-13-20(14-12-17)27-23(29)26-19-8-3-2-4-9-19/h2-14,16H,15H2,1H3,(H,25,28)(H2,26,27,29). The van der Waals surface area contributed by atoms with E-state index in [-0.39, 0.29) is 23.8 Å². The maximum Gasteiger partial charge on any atom is 0.323 e. The molecule has 3 aromatic rings. The fraction of sp³-hybridized carbons (Fsp3) is 0.130. The number of para-hydroxylation sites is 1. The molecule has 6 heteroatoms. The number of urea groups is 1. The summed E-state index contributed by atoms with van der Waals surface area (Å²) >= 11 is 0. The smallest absolute Gasteiger partial charge is 0.323 e. The second-order valence-corrected chi connectivity index (χ2v) is 6.69. The van der Waals surface area contributed by atoms with Gasteiger partial charge in [0.15, 0.2) is 0 Å². The highest BCUT2D eigenvalue weighted by atomic mass is 19.1. The van der Waals surface area contributed by atoms with Gasteiger partial charge in [0.25, 0.3) is 5.91 Å². The number of anilines is 2. The van der Waals surface area contributed by atoms with Crippen LogP contribution in [0.1, 0.15) is 22.8 Å². The number of benzene rings is 3. The Morgan fingerprint density at radius 2 is 1.41 bits per heavy atom. The average Bonchev–Trinajstić information content (AvgIpc) is 2.71. The molecule has 0 aliphatic rings. The minimum atomic E-state index is -0.369. The van der Waals surface area contributed by atoms with Gasteiger partial charge in [0.05, 0.1) is 0 Å². The van der Waals surface area contributed by atoms with Crippen molar-refractivity contribution >= 4 is 23.3 Å². The highest BCUT2D eigenvalue weighted by Crippen LogP contribution is 2.13. The Morgan fingerprint density at radius 1 is 0.828 bits per heavy atom. The molecule has 0 fully saturated rings. The summed E-state index contributed by atoms with van der Waals surface area (Å²) in [6, 6.07) is 21.6. The first-order valence-electron chi connectivity index (χ1n) is 9.28. The van der Waals surface area contributed by atoms with Crippen LogP contribution in [0.15, 0.2) is 78.9 Å². The third kappa shape index (κ3) is 5.90. The highest BCUT2D eigenvalue weighted by Gasteiger charge is 2.12. The van der Waals surface area contributed by atoms with Gasteiger partial charge in [-0.05, 0) is 61.4 Å². The second-order valence-electron chi connectivity index (χ2n) is 6.69. The second kappa shape index (κ2) is 9.50. The average molecular weight is 391 g/mol. The van der Waals surface area contributed by atoms with Gasteiger partial charge >= 0.3 is 6.03 Å². The summed E-state index contributed by atoms with van der Waals surface area (Å²) in [4.78, 5) is 24.4. The molecule has 3 aromatic carbocycles. The lowest BCUT2D eigenvalue weighted by molar-refractivity contribution is 0.0940. The number of carbonyl (C=O) groups is 2. The number of nitrogens with one attached hydrogen (secondary N) is 3. The van der Waals surface area contributed by atoms with Gasteiger partial charge in [-0.2, -0.15) is 0 Å². The van der Waals surface area contributed by atoms with Crippen molar-refractivity contribution in [1.29, 1.82) is 0 Å². The number of halogens is 1. The van der Waals surface area contributed by atoms with Crippen LogP contribution in [0.4, 0.5) is 20.6 Å². The van der Waals surface area contributed by atoms with E-state index in [1.165, 1.54) is 6.07 Å². The summed E-state index contributed by atoms with van der Waals surface area (Å²) in [5.41, 5.74) is 2.27. The van der Waals surface area contributed by atoms with Crippen molar-refractivity contribution in [2.45, 2.75) is 19.4 Å². The molecule has 0 heterocycles. The predicted molar refractivity (Wildman–Crippen MR) is 113 cm³/mol. The fourth-order valence-corrected chi connectivity index (χ4v) is 2.87. The third-order valence-electron chi connectivity index (χ3n) is 4.30. The van der Waals surface area contributed by atoms with Crippen molar-refractivity contribution in [2.75, 3.05) is 10.6 Å². The first-order valence-corrected chi connectivity index (χ1v) is 9.28. The van der Waals surface area contributed by atoms with Crippen LogP contribution in [0.3, 0.4) is 0 Å². The Kier molecular flexibility index (Phi) is 6.58. The van der Waals surface area contributed by atoms with E-state index in [0.29, 0.717) is 28.9 Å². The summed E-state index contributed by atoms with van der Waals surface area (Å²) in [5.74, 6) is -0.535. The third-order valence-corrected chi connectivity index (χ3v) is 4.30. The van der Waals surface area contributed by atoms with Crippen LogP contribution in [0.2, 0.25) is 0 Å². The first kappa shape index (κ1) is 20.1. The van der Waals surface area contributed by atoms with Gasteiger partial charge in [-0.15, -0.1) is 0 Å². The minimum Gasteiger partial charge on any atom is -0.349 e. The van der Waals surface area contributed by atoms with E-state index in [1.807, 2.05) is 25.1 Å². The van der Waals surface area contributed by atoms with Crippen LogP contribution in [-0.2, 0) is 6.42 Å². The maximum atomic E-state index is 13.7. The zero-order valence-electron chi connectivity index (χ0n) is 16.0. The molecule has 1 unspecified atom stereocenters. The van der Waals surface area contributed by atoms with E-state index in [2.05, 4.69) is 16.0 Å². The Hall–Kier alpha value is -3.67. The number of hydrogen-bond acceptors (Lipinski definition) is 2. The molecule has 0 saturated carbocycles. The number of rotatable bonds is 6. The summed E-state index contributed by atoms with van der Waals surface area (Å²) in [5, 5.41) is 8.29. The molecule has 1 atom stereocenters. The Labute approximate surface area is 169 Å². The van der Waals surface area contributed by atoms with Crippen LogP contribution in [0.25, 0.3) is 0 Å². The molecule has 3 rings (SSSR count). The van der Waals surface area contributed by atoms with Crippen molar-refractivity contribution < 1.29 is 14.0 Å². The molecule has 0 radical (unpaired) electrons. The zero-order valence-corrected chi connectivity index (χ0v) is 16.0. The quantitative estimate of drug-likeness (QED) is 0.563. The van der Waals surface area contributed by atoms with Crippen molar-refractivity contribution in [3.63, 3.8) is 0 Å². The Bertz CT molecular complexity index is 975. The van der Waals surface area contributed by atoms with E-state index in [4.69, 9.17) is 0 Å². The van der Waals surface area contributed by atoms with Crippen molar-refractivity contribution in [1.82, 2.24) is 5.32 Å². The molecule has 148 valence electrons. The maximum absolute atomic E-state index is 13.7. The zero-order chi connectivity index (χ0) is 20.6. The molecule has 0 aliphatic heterocycles. The van der Waals surface area contributed by atoms with Crippen LogP contribution >= 0.6 is 0 Å². The number of carbonyl (C=O) groups excluding carboxylic acids is 2. The predicted octanol–water partition coefficient (Wildman–Crippen LogP) is 4.83. The summed E-state index contributed by atoms with van der Waals surface area (Å²) < 4.78 is 13.7. The van der Waals surface area contributed by atoms with Crippen LogP contribution < -0.4 is 16.0 Å². The normalized spacial score (nSPS) is 11.4. The van der Waals surface area contributed by atoms with E-state index in [1.54, 1.807) is 54.6 Å². The Morgan fingerprint density at radius 3 is 2.07 bits per heavy atom. The van der Waals surface area contributed by atoms with E-state index in [0.717, 1.165) is 0 Å². The topological polar surface area (TPSA) is 70.2 Å². The molecular formula is C23H22FN3O2. The van der Waals surface area contributed by atoms with Gasteiger partial charge in [0, 0.05) is 23.0 Å². The van der Waals surface area contributed by atoms with E-state index >= 15 is 0 Å². The first-order chi connectivity index (χ1) is 14.0. The molecule has 0 bridgehead atoms. The van der Waals surface area contributed by atoms with Crippen molar-refractivity contribution in [3.05, 3.63) is 95.8 Å². The molecule has 3 N–H and O–H groups in total.